The number of fused-ring (bicyclic) bond motifs is 1. The largest absolute Gasteiger partial charge is 0.379 e. The van der Waals surface area contributed by atoms with Crippen LogP contribution in [0.5, 0.6) is 0 Å². The van der Waals surface area contributed by atoms with Crippen molar-refractivity contribution in [3.05, 3.63) is 54.2 Å². The van der Waals surface area contributed by atoms with Gasteiger partial charge in [0.05, 0.1) is 31.6 Å². The van der Waals surface area contributed by atoms with E-state index < -0.39 is 0 Å². The molecule has 2 aliphatic heterocycles. The lowest BCUT2D eigenvalue weighted by Crippen LogP contribution is -2.49. The molecule has 1 atom stereocenters. The van der Waals surface area contributed by atoms with Gasteiger partial charge in [0.15, 0.2) is 5.65 Å². The molecular formula is C24H30N6O2. The number of likely N-dealkylation sites (tertiary alicyclic amines) is 1. The Balaban J connectivity index is 1.22. The van der Waals surface area contributed by atoms with E-state index in [1.54, 1.807) is 18.7 Å². The van der Waals surface area contributed by atoms with E-state index in [4.69, 9.17) is 4.74 Å². The van der Waals surface area contributed by atoms with Crippen LogP contribution in [-0.4, -0.2) is 80.7 Å². The van der Waals surface area contributed by atoms with Gasteiger partial charge in [-0.1, -0.05) is 6.07 Å². The lowest BCUT2D eigenvalue weighted by molar-refractivity contribution is -0.000952. The van der Waals surface area contributed by atoms with Gasteiger partial charge in [0.25, 0.3) is 5.91 Å². The summed E-state index contributed by atoms with van der Waals surface area (Å²) in [4.78, 5) is 30.9. The van der Waals surface area contributed by atoms with Gasteiger partial charge >= 0.3 is 0 Å². The summed E-state index contributed by atoms with van der Waals surface area (Å²) < 4.78 is 7.47. The van der Waals surface area contributed by atoms with Gasteiger partial charge in [0, 0.05) is 50.8 Å². The maximum absolute atomic E-state index is 13.1. The van der Waals surface area contributed by atoms with Gasteiger partial charge in [0.2, 0.25) is 0 Å². The molecule has 168 valence electrons. The Bertz CT molecular complexity index is 1050. The number of aromatic nitrogens is 4. The zero-order valence-electron chi connectivity index (χ0n) is 18.6. The first-order valence-electron chi connectivity index (χ1n) is 11.5. The molecule has 8 nitrogen and oxygen atoms in total. The number of imidazole rings is 1. The van der Waals surface area contributed by atoms with Crippen LogP contribution in [0.15, 0.2) is 43.1 Å². The zero-order chi connectivity index (χ0) is 21.9. The number of hydrogen-bond donors (Lipinski definition) is 0. The smallest absolute Gasteiger partial charge is 0.255 e. The van der Waals surface area contributed by atoms with E-state index in [0.29, 0.717) is 24.1 Å². The average Bonchev–Trinajstić information content (AvgIpc) is 3.26. The first-order chi connectivity index (χ1) is 15.7. The third-order valence-electron chi connectivity index (χ3n) is 6.91. The second-order valence-corrected chi connectivity index (χ2v) is 8.82. The maximum Gasteiger partial charge on any atom is 0.255 e. The van der Waals surface area contributed by atoms with Crippen LogP contribution in [0.1, 0.15) is 35.7 Å². The first kappa shape index (κ1) is 21.0. The predicted molar refractivity (Wildman–Crippen MR) is 121 cm³/mol. The minimum atomic E-state index is 0.0543. The molecule has 0 saturated carbocycles. The van der Waals surface area contributed by atoms with E-state index >= 15 is 0 Å². The molecule has 0 spiro atoms. The molecular weight excluding hydrogens is 404 g/mol. The lowest BCUT2D eigenvalue weighted by atomic mass is 9.89. The van der Waals surface area contributed by atoms with Gasteiger partial charge in [-0.05, 0) is 43.4 Å². The summed E-state index contributed by atoms with van der Waals surface area (Å²) >= 11 is 0. The fourth-order valence-electron chi connectivity index (χ4n) is 4.92. The molecule has 5 rings (SSSR count). The van der Waals surface area contributed by atoms with Crippen molar-refractivity contribution in [2.75, 3.05) is 39.4 Å². The summed E-state index contributed by atoms with van der Waals surface area (Å²) in [5, 5.41) is 0. The van der Waals surface area contributed by atoms with Crippen LogP contribution in [0, 0.1) is 5.92 Å². The maximum atomic E-state index is 13.1. The number of morpholine rings is 1. The van der Waals surface area contributed by atoms with Crippen molar-refractivity contribution < 1.29 is 9.53 Å². The van der Waals surface area contributed by atoms with Gasteiger partial charge < -0.3 is 14.2 Å². The molecule has 2 fully saturated rings. The van der Waals surface area contributed by atoms with Crippen LogP contribution in [0.3, 0.4) is 0 Å². The zero-order valence-corrected chi connectivity index (χ0v) is 18.6. The second kappa shape index (κ2) is 9.34. The van der Waals surface area contributed by atoms with Crippen LogP contribution in [0.25, 0.3) is 11.2 Å². The van der Waals surface area contributed by atoms with Gasteiger partial charge in [0.1, 0.15) is 5.52 Å². The van der Waals surface area contributed by atoms with Gasteiger partial charge in [-0.3, -0.25) is 14.7 Å². The molecule has 3 aromatic heterocycles. The van der Waals surface area contributed by atoms with E-state index in [2.05, 4.69) is 26.8 Å². The highest BCUT2D eigenvalue weighted by Crippen LogP contribution is 2.26. The van der Waals surface area contributed by atoms with Crippen LogP contribution < -0.4 is 0 Å². The SMILES string of the molecule is CC(C1CCN(C(=O)c2cnc3c(c2)ncn3Cc2cccnc2)CC1)N1CCOCC1. The standard InChI is InChI=1S/C24H30N6O2/c1-18(28-9-11-32-12-10-28)20-4-7-29(8-5-20)24(31)21-13-22-23(26-15-21)30(17-27-22)16-19-3-2-6-25-14-19/h2-3,6,13-15,17-18,20H,4-5,7-12,16H2,1H3. The van der Waals surface area contributed by atoms with Crippen molar-refractivity contribution in [2.45, 2.75) is 32.4 Å². The molecule has 2 saturated heterocycles. The Morgan fingerprint density at radius 2 is 1.97 bits per heavy atom. The molecule has 1 amide bonds. The summed E-state index contributed by atoms with van der Waals surface area (Å²) in [6.07, 6.45) is 9.15. The number of ether oxygens (including phenoxy) is 1. The predicted octanol–water partition coefficient (Wildman–Crippen LogP) is 2.45. The molecule has 0 bridgehead atoms. The topological polar surface area (TPSA) is 76.4 Å². The summed E-state index contributed by atoms with van der Waals surface area (Å²) in [7, 11) is 0. The monoisotopic (exact) mass is 434 g/mol. The second-order valence-electron chi connectivity index (χ2n) is 8.82. The minimum Gasteiger partial charge on any atom is -0.379 e. The van der Waals surface area contributed by atoms with Crippen LogP contribution in [-0.2, 0) is 11.3 Å². The van der Waals surface area contributed by atoms with Crippen molar-refractivity contribution in [3.8, 4) is 0 Å². The Morgan fingerprint density at radius 3 is 2.72 bits per heavy atom. The number of pyridine rings is 2. The molecule has 0 aromatic carbocycles. The number of carbonyl (C=O) groups excluding carboxylic acids is 1. The van der Waals surface area contributed by atoms with Crippen molar-refractivity contribution in [3.63, 3.8) is 0 Å². The molecule has 0 N–H and O–H groups in total. The Morgan fingerprint density at radius 1 is 1.16 bits per heavy atom. The lowest BCUT2D eigenvalue weighted by Gasteiger charge is -2.41. The van der Waals surface area contributed by atoms with Gasteiger partial charge in [-0.2, -0.15) is 0 Å². The van der Waals surface area contributed by atoms with E-state index in [-0.39, 0.29) is 5.91 Å². The van der Waals surface area contributed by atoms with E-state index in [1.165, 1.54) is 0 Å². The highest BCUT2D eigenvalue weighted by atomic mass is 16.5. The normalized spacial score (nSPS) is 19.3. The highest BCUT2D eigenvalue weighted by molar-refractivity contribution is 5.96. The van der Waals surface area contributed by atoms with E-state index in [9.17, 15) is 4.79 Å². The van der Waals surface area contributed by atoms with Crippen molar-refractivity contribution >= 4 is 17.1 Å². The van der Waals surface area contributed by atoms with Gasteiger partial charge in [-0.25, -0.2) is 9.97 Å². The van der Waals surface area contributed by atoms with Crippen LogP contribution in [0.4, 0.5) is 0 Å². The highest BCUT2D eigenvalue weighted by Gasteiger charge is 2.30. The van der Waals surface area contributed by atoms with Crippen molar-refractivity contribution in [1.82, 2.24) is 29.3 Å². The van der Waals surface area contributed by atoms with Crippen LogP contribution in [0.2, 0.25) is 0 Å². The molecule has 8 heteroatoms. The molecule has 0 aliphatic carbocycles. The number of carbonyl (C=O) groups is 1. The molecule has 5 heterocycles. The molecule has 1 unspecified atom stereocenters. The summed E-state index contributed by atoms with van der Waals surface area (Å²) in [5.74, 6) is 0.680. The Labute approximate surface area is 188 Å². The number of hydrogen-bond acceptors (Lipinski definition) is 6. The molecule has 2 aliphatic rings. The first-order valence-corrected chi connectivity index (χ1v) is 11.5. The summed E-state index contributed by atoms with van der Waals surface area (Å²) in [6, 6.07) is 6.36. The third-order valence-corrected chi connectivity index (χ3v) is 6.91. The number of nitrogens with zero attached hydrogens (tertiary/aromatic N) is 6. The Kier molecular flexibility index (Phi) is 6.14. The number of piperidine rings is 1. The number of rotatable bonds is 5. The minimum absolute atomic E-state index is 0.0543. The molecule has 32 heavy (non-hydrogen) atoms. The molecule has 3 aromatic rings. The fraction of sp³-hybridized carbons (Fsp3) is 0.500. The van der Waals surface area contributed by atoms with E-state index in [0.717, 1.165) is 69.0 Å². The van der Waals surface area contributed by atoms with Crippen molar-refractivity contribution in [1.29, 1.82) is 0 Å². The summed E-state index contributed by atoms with van der Waals surface area (Å²) in [6.45, 7) is 8.26. The van der Waals surface area contributed by atoms with Crippen LogP contribution >= 0.6 is 0 Å². The Hall–Kier alpha value is -2.84. The summed E-state index contributed by atoms with van der Waals surface area (Å²) in [5.41, 5.74) is 3.23. The van der Waals surface area contributed by atoms with Crippen molar-refractivity contribution in [2.24, 2.45) is 5.92 Å². The average molecular weight is 435 g/mol. The quantitative estimate of drug-likeness (QED) is 0.614. The third kappa shape index (κ3) is 4.38. The van der Waals surface area contributed by atoms with Gasteiger partial charge in [-0.15, -0.1) is 0 Å². The van der Waals surface area contributed by atoms with E-state index in [1.807, 2.05) is 33.9 Å². The molecule has 0 radical (unpaired) electrons. The fourth-order valence-corrected chi connectivity index (χ4v) is 4.92. The number of amides is 1.